The third-order valence-electron chi connectivity index (χ3n) is 7.45. The van der Waals surface area contributed by atoms with E-state index < -0.39 is 16.1 Å². The average molecular weight is 647 g/mol. The van der Waals surface area contributed by atoms with Gasteiger partial charge in [-0.15, -0.1) is 0 Å². The first-order valence-corrected chi connectivity index (χ1v) is 17.2. The smallest absolute Gasteiger partial charge is 0.243 e. The summed E-state index contributed by atoms with van der Waals surface area (Å²) in [5.74, 6) is -0.575. The molecule has 10 heteroatoms. The van der Waals surface area contributed by atoms with E-state index >= 15 is 0 Å². The van der Waals surface area contributed by atoms with E-state index in [0.29, 0.717) is 21.3 Å². The van der Waals surface area contributed by atoms with E-state index in [0.717, 1.165) is 30.2 Å². The number of nitrogens with zero attached hydrogens (tertiary/aromatic N) is 2. The number of hydrogen-bond acceptors (Lipinski definition) is 4. The summed E-state index contributed by atoms with van der Waals surface area (Å²) in [7, 11) is -3.59. The molecule has 0 bridgehead atoms. The zero-order valence-electron chi connectivity index (χ0n) is 25.2. The fourth-order valence-electron chi connectivity index (χ4n) is 4.75. The number of sulfonamides is 1. The normalized spacial score (nSPS) is 12.8. The Bertz CT molecular complexity index is 1450. The van der Waals surface area contributed by atoms with E-state index in [2.05, 4.69) is 5.32 Å². The van der Waals surface area contributed by atoms with E-state index in [-0.39, 0.29) is 50.2 Å². The molecule has 3 rings (SSSR count). The van der Waals surface area contributed by atoms with Gasteiger partial charge in [-0.25, -0.2) is 8.42 Å². The Morgan fingerprint density at radius 3 is 2.07 bits per heavy atom. The fraction of sp³-hybridized carbons (Fsp3) is 0.394. The number of nitrogens with one attached hydrogen (secondary N) is 1. The van der Waals surface area contributed by atoms with Crippen molar-refractivity contribution in [3.05, 3.63) is 99.5 Å². The molecule has 43 heavy (non-hydrogen) atoms. The van der Waals surface area contributed by atoms with Crippen molar-refractivity contribution in [3.63, 3.8) is 0 Å². The highest BCUT2D eigenvalue weighted by Crippen LogP contribution is 2.28. The number of carbonyl (C=O) groups is 2. The number of anilines is 1. The summed E-state index contributed by atoms with van der Waals surface area (Å²) in [4.78, 5) is 29.2. The minimum atomic E-state index is -3.59. The number of rotatable bonds is 15. The van der Waals surface area contributed by atoms with Crippen LogP contribution in [0.2, 0.25) is 10.0 Å². The Balaban J connectivity index is 1.92. The first-order valence-electron chi connectivity index (χ1n) is 14.6. The Morgan fingerprint density at radius 1 is 0.884 bits per heavy atom. The zero-order valence-corrected chi connectivity index (χ0v) is 27.6. The zero-order chi connectivity index (χ0) is 31.6. The molecule has 0 aromatic heterocycles. The Morgan fingerprint density at radius 2 is 1.51 bits per heavy atom. The molecule has 1 N–H and O–H groups in total. The van der Waals surface area contributed by atoms with Gasteiger partial charge in [-0.2, -0.15) is 0 Å². The van der Waals surface area contributed by atoms with Gasteiger partial charge < -0.3 is 10.2 Å². The average Bonchev–Trinajstić information content (AvgIpc) is 2.98. The molecular formula is C33H41Cl2N3O4S. The van der Waals surface area contributed by atoms with Gasteiger partial charge >= 0.3 is 0 Å². The number of carbonyl (C=O) groups excluding carboxylic acids is 2. The molecule has 0 saturated carbocycles. The lowest BCUT2D eigenvalue weighted by Crippen LogP contribution is -2.52. The van der Waals surface area contributed by atoms with Crippen molar-refractivity contribution in [2.45, 2.75) is 71.5 Å². The Kier molecular flexibility index (Phi) is 12.9. The molecule has 0 saturated heterocycles. The van der Waals surface area contributed by atoms with Crippen LogP contribution in [0.3, 0.4) is 0 Å². The largest absolute Gasteiger partial charge is 0.352 e. The van der Waals surface area contributed by atoms with Gasteiger partial charge in [-0.05, 0) is 61.6 Å². The molecule has 7 nitrogen and oxygen atoms in total. The first kappa shape index (κ1) is 34.4. The second kappa shape index (κ2) is 16.1. The number of aryl methyl sites for hydroxylation is 1. The van der Waals surface area contributed by atoms with Crippen LogP contribution in [0.15, 0.2) is 72.8 Å². The van der Waals surface area contributed by atoms with Crippen molar-refractivity contribution in [2.75, 3.05) is 17.1 Å². The summed E-state index contributed by atoms with van der Waals surface area (Å²) in [5, 5.41) is 3.83. The van der Waals surface area contributed by atoms with Gasteiger partial charge in [0, 0.05) is 47.6 Å². The van der Waals surface area contributed by atoms with Gasteiger partial charge in [-0.3, -0.25) is 13.9 Å². The standard InChI is InChI=1S/C33H41Cl2N3O4S/c1-5-24(3)36-33(40)31(22-26-12-8-7-9-13-26)37(23-28-29(34)14-10-15-30(28)35)32(39)16-11-21-38(43(4,41)42)27-19-17-25(6-2)18-20-27/h7-10,12-15,17-20,24,31H,5-6,11,16,21-23H2,1-4H3,(H,36,40)/t24-,31-/m0/s1. The summed E-state index contributed by atoms with van der Waals surface area (Å²) in [6.07, 6.45) is 3.28. The lowest BCUT2D eigenvalue weighted by Gasteiger charge is -2.33. The molecular weight excluding hydrogens is 605 g/mol. The fourth-order valence-corrected chi connectivity index (χ4v) is 6.23. The number of halogens is 2. The highest BCUT2D eigenvalue weighted by Gasteiger charge is 2.32. The summed E-state index contributed by atoms with van der Waals surface area (Å²) < 4.78 is 26.7. The topological polar surface area (TPSA) is 86.8 Å². The van der Waals surface area contributed by atoms with Crippen molar-refractivity contribution in [3.8, 4) is 0 Å². The van der Waals surface area contributed by atoms with Gasteiger partial charge in [0.1, 0.15) is 6.04 Å². The van der Waals surface area contributed by atoms with Crippen LogP contribution < -0.4 is 9.62 Å². The van der Waals surface area contributed by atoms with Crippen LogP contribution in [0.5, 0.6) is 0 Å². The monoisotopic (exact) mass is 645 g/mol. The maximum absolute atomic E-state index is 14.0. The van der Waals surface area contributed by atoms with Gasteiger partial charge in [0.2, 0.25) is 21.8 Å². The van der Waals surface area contributed by atoms with Crippen LogP contribution in [-0.2, 0) is 39.0 Å². The molecule has 2 atom stereocenters. The second-order valence-corrected chi connectivity index (χ2v) is 13.4. The van der Waals surface area contributed by atoms with Crippen molar-refractivity contribution >= 4 is 50.7 Å². The van der Waals surface area contributed by atoms with Crippen molar-refractivity contribution in [1.29, 1.82) is 0 Å². The quantitative estimate of drug-likeness (QED) is 0.200. The lowest BCUT2D eigenvalue weighted by atomic mass is 10.0. The summed E-state index contributed by atoms with van der Waals surface area (Å²) in [5.41, 5.74) is 3.08. The van der Waals surface area contributed by atoms with E-state index in [4.69, 9.17) is 23.2 Å². The van der Waals surface area contributed by atoms with Crippen molar-refractivity contribution in [2.24, 2.45) is 0 Å². The molecule has 0 aliphatic heterocycles. The number of benzene rings is 3. The third-order valence-corrected chi connectivity index (χ3v) is 9.35. The van der Waals surface area contributed by atoms with Crippen LogP contribution in [0.1, 0.15) is 56.7 Å². The molecule has 0 fully saturated rings. The Labute approximate surface area is 266 Å². The third kappa shape index (κ3) is 9.98. The molecule has 3 aromatic rings. The van der Waals surface area contributed by atoms with E-state index in [1.54, 1.807) is 30.3 Å². The van der Waals surface area contributed by atoms with E-state index in [9.17, 15) is 18.0 Å². The summed E-state index contributed by atoms with van der Waals surface area (Å²) in [6, 6.07) is 21.1. The molecule has 0 spiro atoms. The van der Waals surface area contributed by atoms with Crippen molar-refractivity contribution < 1.29 is 18.0 Å². The molecule has 2 amide bonds. The summed E-state index contributed by atoms with van der Waals surface area (Å²) >= 11 is 13.0. The lowest BCUT2D eigenvalue weighted by molar-refractivity contribution is -0.141. The van der Waals surface area contributed by atoms with Crippen LogP contribution in [0.4, 0.5) is 5.69 Å². The first-order chi connectivity index (χ1) is 20.4. The maximum atomic E-state index is 14.0. The molecule has 0 aliphatic carbocycles. The highest BCUT2D eigenvalue weighted by molar-refractivity contribution is 7.92. The minimum Gasteiger partial charge on any atom is -0.352 e. The van der Waals surface area contributed by atoms with Crippen LogP contribution in [0.25, 0.3) is 0 Å². The molecule has 0 heterocycles. The van der Waals surface area contributed by atoms with Gasteiger partial charge in [0.05, 0.1) is 11.9 Å². The van der Waals surface area contributed by atoms with Gasteiger partial charge in [0.15, 0.2) is 0 Å². The minimum absolute atomic E-state index is 0.0169. The van der Waals surface area contributed by atoms with Gasteiger partial charge in [-0.1, -0.05) is 85.6 Å². The maximum Gasteiger partial charge on any atom is 0.243 e. The number of amides is 2. The highest BCUT2D eigenvalue weighted by atomic mass is 35.5. The van der Waals surface area contributed by atoms with Gasteiger partial charge in [0.25, 0.3) is 0 Å². The Hall–Kier alpha value is -3.07. The molecule has 0 aliphatic rings. The SMILES string of the molecule is CCc1ccc(N(CCCC(=O)N(Cc2c(Cl)cccc2Cl)[C@@H](Cc2ccccc2)C(=O)N[C@@H](C)CC)S(C)(=O)=O)cc1. The summed E-state index contributed by atoms with van der Waals surface area (Å²) in [6.45, 7) is 6.06. The van der Waals surface area contributed by atoms with Crippen LogP contribution in [-0.4, -0.2) is 50.0 Å². The van der Waals surface area contributed by atoms with E-state index in [1.165, 1.54) is 9.21 Å². The molecule has 0 unspecified atom stereocenters. The number of hydrogen-bond donors (Lipinski definition) is 1. The van der Waals surface area contributed by atoms with Crippen LogP contribution in [0, 0.1) is 0 Å². The van der Waals surface area contributed by atoms with Crippen LogP contribution >= 0.6 is 23.2 Å². The molecule has 3 aromatic carbocycles. The van der Waals surface area contributed by atoms with Crippen molar-refractivity contribution in [1.82, 2.24) is 10.2 Å². The molecule has 0 radical (unpaired) electrons. The predicted octanol–water partition coefficient (Wildman–Crippen LogP) is 6.66. The predicted molar refractivity (Wildman–Crippen MR) is 176 cm³/mol. The second-order valence-electron chi connectivity index (χ2n) is 10.7. The van der Waals surface area contributed by atoms with E-state index in [1.807, 2.05) is 63.2 Å². The molecule has 232 valence electrons.